The normalized spacial score (nSPS) is 11.4. The Bertz CT molecular complexity index is 852. The van der Waals surface area contributed by atoms with Gasteiger partial charge in [-0.15, -0.1) is 0 Å². The summed E-state index contributed by atoms with van der Waals surface area (Å²) in [5, 5.41) is 11.9. The molecule has 0 saturated heterocycles. The van der Waals surface area contributed by atoms with E-state index in [0.29, 0.717) is 35.2 Å². The van der Waals surface area contributed by atoms with Crippen LogP contribution in [0.15, 0.2) is 54.2 Å². The molecule has 2 aromatic rings. The Morgan fingerprint density at radius 2 is 1.55 bits per heavy atom. The van der Waals surface area contributed by atoms with Gasteiger partial charge >= 0.3 is 5.97 Å². The number of carbonyl (C=O) groups excluding carboxylic acids is 1. The van der Waals surface area contributed by atoms with Gasteiger partial charge in [0.25, 0.3) is 5.91 Å². The molecule has 2 N–H and O–H groups in total. The highest BCUT2D eigenvalue weighted by molar-refractivity contribution is 6.02. The highest BCUT2D eigenvalue weighted by Gasteiger charge is 2.14. The molecule has 29 heavy (non-hydrogen) atoms. The van der Waals surface area contributed by atoms with Crippen LogP contribution in [0.5, 0.6) is 11.5 Å². The molecule has 2 aromatic carbocycles. The average Bonchev–Trinajstić information content (AvgIpc) is 2.67. The average molecular weight is 397 g/mol. The second-order valence-electron chi connectivity index (χ2n) is 7.28. The van der Waals surface area contributed by atoms with E-state index in [1.165, 1.54) is 6.08 Å². The number of carboxylic acid groups (broad SMARTS) is 1. The van der Waals surface area contributed by atoms with E-state index in [1.54, 1.807) is 48.5 Å². The van der Waals surface area contributed by atoms with Crippen LogP contribution in [-0.4, -0.2) is 29.7 Å². The number of rotatable bonds is 9. The van der Waals surface area contributed by atoms with E-state index < -0.39 is 11.9 Å². The van der Waals surface area contributed by atoms with E-state index in [2.05, 4.69) is 5.32 Å². The molecule has 0 aliphatic carbocycles. The molecule has 0 aromatic heterocycles. The molecule has 0 atom stereocenters. The number of amides is 1. The van der Waals surface area contributed by atoms with Crippen LogP contribution in [0.1, 0.15) is 43.6 Å². The molecule has 6 nitrogen and oxygen atoms in total. The molecule has 6 heteroatoms. The van der Waals surface area contributed by atoms with Gasteiger partial charge in [-0.05, 0) is 67.8 Å². The number of hydrogen-bond acceptors (Lipinski definition) is 4. The molecule has 0 heterocycles. The minimum absolute atomic E-state index is 0.0485. The lowest BCUT2D eigenvalue weighted by molar-refractivity contribution is -0.132. The number of ether oxygens (including phenoxy) is 2. The van der Waals surface area contributed by atoms with Crippen molar-refractivity contribution < 1.29 is 24.2 Å². The monoisotopic (exact) mass is 397 g/mol. The number of aliphatic carboxylic acids is 1. The van der Waals surface area contributed by atoms with Crippen LogP contribution in [0, 0.1) is 5.92 Å². The maximum absolute atomic E-state index is 12.4. The summed E-state index contributed by atoms with van der Waals surface area (Å²) in [6, 6.07) is 13.5. The Balaban J connectivity index is 2.08. The highest BCUT2D eigenvalue weighted by Crippen LogP contribution is 2.17. The van der Waals surface area contributed by atoms with Gasteiger partial charge in [-0.25, -0.2) is 4.79 Å². The van der Waals surface area contributed by atoms with E-state index in [1.807, 2.05) is 27.7 Å². The van der Waals surface area contributed by atoms with Crippen LogP contribution >= 0.6 is 0 Å². The number of hydrogen-bond donors (Lipinski definition) is 2. The van der Waals surface area contributed by atoms with Crippen molar-refractivity contribution in [2.24, 2.45) is 5.92 Å². The lowest BCUT2D eigenvalue weighted by atomic mass is 10.1. The molecular formula is C23H27NO5. The van der Waals surface area contributed by atoms with Crippen molar-refractivity contribution in [3.05, 3.63) is 65.4 Å². The molecular weight excluding hydrogens is 370 g/mol. The van der Waals surface area contributed by atoms with Gasteiger partial charge in [0.2, 0.25) is 0 Å². The number of carbonyl (C=O) groups is 2. The van der Waals surface area contributed by atoms with Crippen molar-refractivity contribution in [3.8, 4) is 11.5 Å². The van der Waals surface area contributed by atoms with Gasteiger partial charge in [0.15, 0.2) is 0 Å². The minimum Gasteiger partial charge on any atom is -0.493 e. The maximum Gasteiger partial charge on any atom is 0.352 e. The molecule has 0 saturated carbocycles. The van der Waals surface area contributed by atoms with E-state index in [9.17, 15) is 14.7 Å². The van der Waals surface area contributed by atoms with Crippen molar-refractivity contribution in [1.29, 1.82) is 0 Å². The SMILES string of the molecule is CC(C)COc1ccc(C(=O)NC(=Cc2ccc(OC(C)C)cc2)C(=O)O)cc1. The zero-order valence-electron chi connectivity index (χ0n) is 17.1. The fourth-order valence-corrected chi connectivity index (χ4v) is 2.39. The third-order valence-corrected chi connectivity index (χ3v) is 3.74. The maximum atomic E-state index is 12.4. The van der Waals surface area contributed by atoms with Gasteiger partial charge in [0.05, 0.1) is 12.7 Å². The van der Waals surface area contributed by atoms with Gasteiger partial charge in [0.1, 0.15) is 17.2 Å². The van der Waals surface area contributed by atoms with E-state index in [-0.39, 0.29) is 11.8 Å². The number of benzene rings is 2. The Kier molecular flexibility index (Phi) is 7.83. The lowest BCUT2D eigenvalue weighted by Crippen LogP contribution is -2.27. The van der Waals surface area contributed by atoms with E-state index in [4.69, 9.17) is 9.47 Å². The number of nitrogens with one attached hydrogen (secondary N) is 1. The fourth-order valence-electron chi connectivity index (χ4n) is 2.39. The lowest BCUT2D eigenvalue weighted by Gasteiger charge is -2.10. The summed E-state index contributed by atoms with van der Waals surface area (Å²) < 4.78 is 11.2. The van der Waals surface area contributed by atoms with Crippen molar-refractivity contribution in [1.82, 2.24) is 5.32 Å². The van der Waals surface area contributed by atoms with Crippen molar-refractivity contribution in [2.75, 3.05) is 6.61 Å². The summed E-state index contributed by atoms with van der Waals surface area (Å²) >= 11 is 0. The molecule has 2 rings (SSSR count). The predicted octanol–water partition coefficient (Wildman–Crippen LogP) is 4.36. The Hall–Kier alpha value is -3.28. The topological polar surface area (TPSA) is 84.9 Å². The standard InChI is InChI=1S/C23H27NO5/c1-15(2)14-28-19-11-7-18(8-12-19)22(25)24-21(23(26)27)13-17-5-9-20(10-6-17)29-16(3)4/h5-13,15-16H,14H2,1-4H3,(H,24,25)(H,26,27). The molecule has 0 fully saturated rings. The summed E-state index contributed by atoms with van der Waals surface area (Å²) in [5.41, 5.74) is 0.763. The summed E-state index contributed by atoms with van der Waals surface area (Å²) in [7, 11) is 0. The first-order chi connectivity index (χ1) is 13.7. The smallest absolute Gasteiger partial charge is 0.352 e. The fraction of sp³-hybridized carbons (Fsp3) is 0.304. The second-order valence-corrected chi connectivity index (χ2v) is 7.28. The summed E-state index contributed by atoms with van der Waals surface area (Å²) in [6.07, 6.45) is 1.45. The summed E-state index contributed by atoms with van der Waals surface area (Å²) in [5.74, 6) is 0.0181. The van der Waals surface area contributed by atoms with Crippen LogP contribution in [0.2, 0.25) is 0 Å². The van der Waals surface area contributed by atoms with Gasteiger partial charge in [-0.1, -0.05) is 26.0 Å². The second kappa shape index (κ2) is 10.3. The molecule has 1 amide bonds. The molecule has 0 aliphatic heterocycles. The Labute approximate surface area is 171 Å². The van der Waals surface area contributed by atoms with E-state index >= 15 is 0 Å². The first-order valence-electron chi connectivity index (χ1n) is 9.50. The zero-order valence-corrected chi connectivity index (χ0v) is 17.1. The molecule has 154 valence electrons. The first-order valence-corrected chi connectivity index (χ1v) is 9.50. The van der Waals surface area contributed by atoms with Crippen molar-refractivity contribution in [3.63, 3.8) is 0 Å². The largest absolute Gasteiger partial charge is 0.493 e. The van der Waals surface area contributed by atoms with Gasteiger partial charge < -0.3 is 19.9 Å². The van der Waals surface area contributed by atoms with E-state index in [0.717, 1.165) is 0 Å². The Morgan fingerprint density at radius 1 is 0.966 bits per heavy atom. The minimum atomic E-state index is -1.22. The third-order valence-electron chi connectivity index (χ3n) is 3.74. The first kappa shape index (κ1) is 22.0. The Morgan fingerprint density at radius 3 is 2.07 bits per heavy atom. The van der Waals surface area contributed by atoms with Gasteiger partial charge in [0, 0.05) is 5.56 Å². The summed E-state index contributed by atoms with van der Waals surface area (Å²) in [4.78, 5) is 24.0. The summed E-state index contributed by atoms with van der Waals surface area (Å²) in [6.45, 7) is 8.53. The predicted molar refractivity (Wildman–Crippen MR) is 112 cm³/mol. The third kappa shape index (κ3) is 7.33. The van der Waals surface area contributed by atoms with Gasteiger partial charge in [-0.2, -0.15) is 0 Å². The van der Waals surface area contributed by atoms with Crippen LogP contribution in [0.25, 0.3) is 6.08 Å². The quantitative estimate of drug-likeness (QED) is 0.614. The molecule has 0 radical (unpaired) electrons. The van der Waals surface area contributed by atoms with Crippen molar-refractivity contribution in [2.45, 2.75) is 33.8 Å². The zero-order chi connectivity index (χ0) is 21.4. The van der Waals surface area contributed by atoms with Crippen LogP contribution in [0.4, 0.5) is 0 Å². The number of carboxylic acids is 1. The molecule has 0 aliphatic rings. The van der Waals surface area contributed by atoms with Crippen LogP contribution in [0.3, 0.4) is 0 Å². The van der Waals surface area contributed by atoms with Crippen LogP contribution < -0.4 is 14.8 Å². The van der Waals surface area contributed by atoms with Crippen molar-refractivity contribution >= 4 is 18.0 Å². The van der Waals surface area contributed by atoms with Gasteiger partial charge in [-0.3, -0.25) is 4.79 Å². The molecule has 0 unspecified atom stereocenters. The highest BCUT2D eigenvalue weighted by atomic mass is 16.5. The molecule has 0 bridgehead atoms. The van der Waals surface area contributed by atoms with Crippen LogP contribution in [-0.2, 0) is 4.79 Å². The molecule has 0 spiro atoms.